The zero-order valence-electron chi connectivity index (χ0n) is 16.7. The number of ether oxygens (including phenoxy) is 1. The molecule has 0 unspecified atom stereocenters. The van der Waals surface area contributed by atoms with Gasteiger partial charge in [0.2, 0.25) is 5.91 Å². The van der Waals surface area contributed by atoms with Gasteiger partial charge in [-0.3, -0.25) is 14.5 Å². The van der Waals surface area contributed by atoms with Crippen LogP contribution in [-0.4, -0.2) is 67.4 Å². The maximum atomic E-state index is 12.5. The quantitative estimate of drug-likeness (QED) is 0.721. The van der Waals surface area contributed by atoms with Gasteiger partial charge in [-0.1, -0.05) is 12.1 Å². The lowest BCUT2D eigenvalue weighted by molar-refractivity contribution is -0.132. The van der Waals surface area contributed by atoms with Gasteiger partial charge in [0.05, 0.1) is 13.2 Å². The van der Waals surface area contributed by atoms with E-state index in [1.165, 1.54) is 5.56 Å². The van der Waals surface area contributed by atoms with E-state index in [0.717, 1.165) is 69.9 Å². The average Bonchev–Trinajstić information content (AvgIpc) is 2.69. The van der Waals surface area contributed by atoms with Crippen molar-refractivity contribution in [3.8, 4) is 0 Å². The second kappa shape index (κ2) is 9.47. The third-order valence-corrected chi connectivity index (χ3v) is 5.98. The number of amides is 1. The maximum Gasteiger partial charge on any atom is 0.223 e. The van der Waals surface area contributed by atoms with Crippen LogP contribution in [0.2, 0.25) is 0 Å². The van der Waals surface area contributed by atoms with Gasteiger partial charge in [0.15, 0.2) is 5.78 Å². The second-order valence-electron chi connectivity index (χ2n) is 7.96. The van der Waals surface area contributed by atoms with Crippen LogP contribution in [-0.2, 0) is 9.53 Å². The van der Waals surface area contributed by atoms with Crippen molar-refractivity contribution in [2.75, 3.05) is 45.9 Å². The highest BCUT2D eigenvalue weighted by Gasteiger charge is 2.25. The molecule has 1 aromatic carbocycles. The minimum Gasteiger partial charge on any atom is -0.379 e. The first-order chi connectivity index (χ1) is 13.0. The number of benzene rings is 1. The zero-order valence-corrected chi connectivity index (χ0v) is 16.7. The van der Waals surface area contributed by atoms with Gasteiger partial charge < -0.3 is 9.64 Å². The summed E-state index contributed by atoms with van der Waals surface area (Å²) in [4.78, 5) is 29.3. The minimum absolute atomic E-state index is 0.0636. The third-order valence-electron chi connectivity index (χ3n) is 5.98. The molecule has 0 radical (unpaired) electrons. The standard InChI is InChI=1S/C22H32N2O3/c1-17-3-4-20(15-18(17)2)21(25)5-6-22(26)24-9-7-19(8-10-24)16-23-11-13-27-14-12-23/h3-4,15,19H,5-14,16H2,1-2H3. The first kappa shape index (κ1) is 20.0. The number of morpholine rings is 1. The summed E-state index contributed by atoms with van der Waals surface area (Å²) < 4.78 is 5.41. The van der Waals surface area contributed by atoms with Crippen molar-refractivity contribution >= 4 is 11.7 Å². The van der Waals surface area contributed by atoms with Crippen LogP contribution in [0.15, 0.2) is 18.2 Å². The molecule has 0 atom stereocenters. The molecule has 0 aromatic heterocycles. The Labute approximate surface area is 162 Å². The summed E-state index contributed by atoms with van der Waals surface area (Å²) >= 11 is 0. The van der Waals surface area contributed by atoms with E-state index in [9.17, 15) is 9.59 Å². The van der Waals surface area contributed by atoms with Crippen LogP contribution in [0.5, 0.6) is 0 Å². The number of aryl methyl sites for hydroxylation is 2. The molecule has 0 bridgehead atoms. The number of carbonyl (C=O) groups excluding carboxylic acids is 2. The molecule has 0 saturated carbocycles. The van der Waals surface area contributed by atoms with Crippen molar-refractivity contribution in [2.45, 2.75) is 39.5 Å². The van der Waals surface area contributed by atoms with E-state index in [0.29, 0.717) is 18.8 Å². The van der Waals surface area contributed by atoms with Crippen LogP contribution < -0.4 is 0 Å². The number of Topliss-reactive ketones (excluding diaryl/α,β-unsaturated/α-hetero) is 1. The van der Waals surface area contributed by atoms with Crippen molar-refractivity contribution in [3.05, 3.63) is 34.9 Å². The molecule has 0 N–H and O–H groups in total. The highest BCUT2D eigenvalue weighted by molar-refractivity contribution is 5.98. The molecule has 2 aliphatic heterocycles. The van der Waals surface area contributed by atoms with Crippen LogP contribution in [0.3, 0.4) is 0 Å². The van der Waals surface area contributed by atoms with Gasteiger partial charge >= 0.3 is 0 Å². The van der Waals surface area contributed by atoms with Gasteiger partial charge in [-0.25, -0.2) is 0 Å². The predicted molar refractivity (Wildman–Crippen MR) is 106 cm³/mol. The van der Waals surface area contributed by atoms with Gasteiger partial charge in [0.25, 0.3) is 0 Å². The molecule has 0 spiro atoms. The summed E-state index contributed by atoms with van der Waals surface area (Å²) in [6.45, 7) is 10.6. The van der Waals surface area contributed by atoms with Crippen LogP contribution in [0.4, 0.5) is 0 Å². The topological polar surface area (TPSA) is 49.9 Å². The molecule has 27 heavy (non-hydrogen) atoms. The number of likely N-dealkylation sites (tertiary alicyclic amines) is 1. The fourth-order valence-corrected chi connectivity index (χ4v) is 3.95. The molecule has 2 fully saturated rings. The number of rotatable bonds is 6. The lowest BCUT2D eigenvalue weighted by atomic mass is 9.95. The van der Waals surface area contributed by atoms with Crippen LogP contribution >= 0.6 is 0 Å². The Kier molecular flexibility index (Phi) is 7.02. The zero-order chi connectivity index (χ0) is 19.2. The van der Waals surface area contributed by atoms with E-state index in [1.807, 2.05) is 36.9 Å². The molecule has 2 aliphatic rings. The van der Waals surface area contributed by atoms with Crippen LogP contribution in [0.25, 0.3) is 0 Å². The number of carbonyl (C=O) groups is 2. The van der Waals surface area contributed by atoms with Gasteiger partial charge in [-0.15, -0.1) is 0 Å². The Morgan fingerprint density at radius 2 is 1.70 bits per heavy atom. The summed E-state index contributed by atoms with van der Waals surface area (Å²) in [5, 5.41) is 0. The smallest absolute Gasteiger partial charge is 0.223 e. The Balaban J connectivity index is 1.40. The first-order valence-electron chi connectivity index (χ1n) is 10.2. The maximum absolute atomic E-state index is 12.5. The number of hydrogen-bond acceptors (Lipinski definition) is 4. The van der Waals surface area contributed by atoms with Gasteiger partial charge in [-0.05, 0) is 49.8 Å². The molecule has 2 heterocycles. The highest BCUT2D eigenvalue weighted by atomic mass is 16.5. The molecule has 2 saturated heterocycles. The molecule has 3 rings (SSSR count). The third kappa shape index (κ3) is 5.63. The molecule has 148 valence electrons. The van der Waals surface area contributed by atoms with Crippen molar-refractivity contribution in [2.24, 2.45) is 5.92 Å². The predicted octanol–water partition coefficient (Wildman–Crippen LogP) is 2.84. The summed E-state index contributed by atoms with van der Waals surface area (Å²) in [5.74, 6) is 0.856. The van der Waals surface area contributed by atoms with E-state index in [-0.39, 0.29) is 11.7 Å². The molecular formula is C22H32N2O3. The van der Waals surface area contributed by atoms with Crippen molar-refractivity contribution in [1.82, 2.24) is 9.80 Å². The number of hydrogen-bond donors (Lipinski definition) is 0. The Bertz CT molecular complexity index is 660. The number of ketones is 1. The fraction of sp³-hybridized carbons (Fsp3) is 0.636. The minimum atomic E-state index is 0.0636. The SMILES string of the molecule is Cc1ccc(C(=O)CCC(=O)N2CCC(CN3CCOCC3)CC2)cc1C. The van der Waals surface area contributed by atoms with Gasteiger partial charge in [0, 0.05) is 51.1 Å². The average molecular weight is 373 g/mol. The molecule has 1 aromatic rings. The van der Waals surface area contributed by atoms with Crippen molar-refractivity contribution in [1.29, 1.82) is 0 Å². The van der Waals surface area contributed by atoms with E-state index >= 15 is 0 Å². The van der Waals surface area contributed by atoms with Crippen molar-refractivity contribution in [3.63, 3.8) is 0 Å². The van der Waals surface area contributed by atoms with E-state index in [1.54, 1.807) is 0 Å². The summed E-state index contributed by atoms with van der Waals surface area (Å²) in [6.07, 6.45) is 2.75. The Morgan fingerprint density at radius 1 is 1.00 bits per heavy atom. The molecule has 5 nitrogen and oxygen atoms in total. The van der Waals surface area contributed by atoms with E-state index in [4.69, 9.17) is 4.74 Å². The Morgan fingerprint density at radius 3 is 2.37 bits per heavy atom. The first-order valence-corrected chi connectivity index (χ1v) is 10.2. The monoisotopic (exact) mass is 372 g/mol. The molecule has 5 heteroatoms. The Hall–Kier alpha value is -1.72. The molecule has 0 aliphatic carbocycles. The lowest BCUT2D eigenvalue weighted by Gasteiger charge is -2.36. The van der Waals surface area contributed by atoms with Gasteiger partial charge in [0.1, 0.15) is 0 Å². The van der Waals surface area contributed by atoms with Gasteiger partial charge in [-0.2, -0.15) is 0 Å². The summed E-state index contributed by atoms with van der Waals surface area (Å²) in [5.41, 5.74) is 3.02. The summed E-state index contributed by atoms with van der Waals surface area (Å²) in [6, 6.07) is 5.77. The lowest BCUT2D eigenvalue weighted by Crippen LogP contribution is -2.44. The largest absolute Gasteiger partial charge is 0.379 e. The van der Waals surface area contributed by atoms with E-state index < -0.39 is 0 Å². The normalized spacial score (nSPS) is 19.3. The van der Waals surface area contributed by atoms with Crippen LogP contribution in [0.1, 0.15) is 47.2 Å². The highest BCUT2D eigenvalue weighted by Crippen LogP contribution is 2.20. The number of nitrogens with zero attached hydrogens (tertiary/aromatic N) is 2. The second-order valence-corrected chi connectivity index (χ2v) is 7.96. The van der Waals surface area contributed by atoms with Crippen molar-refractivity contribution < 1.29 is 14.3 Å². The van der Waals surface area contributed by atoms with E-state index in [2.05, 4.69) is 4.90 Å². The molecular weight excluding hydrogens is 340 g/mol. The fourth-order valence-electron chi connectivity index (χ4n) is 3.95. The summed E-state index contributed by atoms with van der Waals surface area (Å²) in [7, 11) is 0. The molecule has 1 amide bonds. The van der Waals surface area contributed by atoms with Crippen LogP contribution in [0, 0.1) is 19.8 Å². The number of piperidine rings is 1.